The molecule has 0 radical (unpaired) electrons. The summed E-state index contributed by atoms with van der Waals surface area (Å²) in [5.74, 6) is 0.147. The predicted octanol–water partition coefficient (Wildman–Crippen LogP) is 2.30. The maximum absolute atomic E-state index is 11.8. The quantitative estimate of drug-likeness (QED) is 0.618. The van der Waals surface area contributed by atoms with Crippen molar-refractivity contribution in [1.82, 2.24) is 4.57 Å². The lowest BCUT2D eigenvalue weighted by atomic mass is 9.83. The second-order valence-corrected chi connectivity index (χ2v) is 7.40. The Morgan fingerprint density at radius 2 is 2.21 bits per heavy atom. The van der Waals surface area contributed by atoms with Gasteiger partial charge >= 0.3 is 5.97 Å². The Balaban J connectivity index is 1.96. The maximum Gasteiger partial charge on any atom is 0.354 e. The number of rotatable bonds is 5. The van der Waals surface area contributed by atoms with E-state index in [1.165, 1.54) is 36.1 Å². The van der Waals surface area contributed by atoms with Crippen LogP contribution in [0.5, 0.6) is 0 Å². The zero-order valence-electron chi connectivity index (χ0n) is 10.6. The molecule has 1 aromatic heterocycles. The number of esters is 1. The molecule has 1 heterocycles. The third-order valence-electron chi connectivity index (χ3n) is 3.45. The highest BCUT2D eigenvalue weighted by Crippen LogP contribution is 2.29. The van der Waals surface area contributed by atoms with E-state index in [1.54, 1.807) is 7.05 Å². The predicted molar refractivity (Wildman–Crippen MR) is 70.7 cm³/mol. The molecule has 0 spiro atoms. The van der Waals surface area contributed by atoms with Crippen molar-refractivity contribution < 1.29 is 17.9 Å². The molecule has 0 unspecified atom stereocenters. The molecule has 1 aliphatic carbocycles. The van der Waals surface area contributed by atoms with E-state index in [1.807, 2.05) is 0 Å². The van der Waals surface area contributed by atoms with E-state index in [4.69, 9.17) is 15.4 Å². The third-order valence-corrected chi connectivity index (χ3v) is 4.78. The molecule has 0 atom stereocenters. The number of carbonyl (C=O) groups excluding carboxylic acids is 1. The topological polar surface area (TPSA) is 65.4 Å². The van der Waals surface area contributed by atoms with Crippen LogP contribution >= 0.6 is 10.7 Å². The minimum absolute atomic E-state index is 0.0948. The summed E-state index contributed by atoms with van der Waals surface area (Å²) in [6.07, 6.45) is 5.84. The number of hydrogen-bond donors (Lipinski definition) is 0. The molecule has 1 aromatic rings. The Labute approximate surface area is 116 Å². The van der Waals surface area contributed by atoms with Crippen LogP contribution in [-0.4, -0.2) is 25.6 Å². The minimum Gasteiger partial charge on any atom is -0.461 e. The Kier molecular flexibility index (Phi) is 4.20. The van der Waals surface area contributed by atoms with Crippen LogP contribution in [0.2, 0.25) is 0 Å². The van der Waals surface area contributed by atoms with Gasteiger partial charge < -0.3 is 9.30 Å². The Morgan fingerprint density at radius 1 is 1.53 bits per heavy atom. The highest BCUT2D eigenvalue weighted by atomic mass is 35.7. The number of aryl methyl sites for hydroxylation is 1. The second kappa shape index (κ2) is 5.54. The average Bonchev–Trinajstić information content (AvgIpc) is 2.63. The molecular weight excluding hydrogens is 290 g/mol. The average molecular weight is 306 g/mol. The van der Waals surface area contributed by atoms with Crippen molar-refractivity contribution in [2.75, 3.05) is 6.61 Å². The van der Waals surface area contributed by atoms with Crippen molar-refractivity contribution in [3.63, 3.8) is 0 Å². The smallest absolute Gasteiger partial charge is 0.354 e. The molecule has 2 rings (SSSR count). The summed E-state index contributed by atoms with van der Waals surface area (Å²) in [6.45, 7) is 0.373. The SMILES string of the molecule is Cn1cc(S(=O)(=O)Cl)cc1C(=O)OCCC1CCC1. The van der Waals surface area contributed by atoms with Crippen LogP contribution in [0.1, 0.15) is 36.2 Å². The van der Waals surface area contributed by atoms with Crippen molar-refractivity contribution in [2.45, 2.75) is 30.6 Å². The molecule has 5 nitrogen and oxygen atoms in total. The molecule has 0 saturated heterocycles. The van der Waals surface area contributed by atoms with Crippen LogP contribution in [0, 0.1) is 5.92 Å². The van der Waals surface area contributed by atoms with Gasteiger partial charge in [-0.15, -0.1) is 0 Å². The molecule has 1 aliphatic rings. The van der Waals surface area contributed by atoms with Gasteiger partial charge in [0.1, 0.15) is 10.6 Å². The molecule has 0 N–H and O–H groups in total. The number of aromatic nitrogens is 1. The summed E-state index contributed by atoms with van der Waals surface area (Å²) < 4.78 is 28.9. The number of ether oxygens (including phenoxy) is 1. The Bertz CT molecular complexity index is 575. The number of hydrogen-bond acceptors (Lipinski definition) is 4. The first-order valence-corrected chi connectivity index (χ1v) is 8.47. The lowest BCUT2D eigenvalue weighted by Gasteiger charge is -2.24. The summed E-state index contributed by atoms with van der Waals surface area (Å²) >= 11 is 0. The third kappa shape index (κ3) is 3.51. The van der Waals surface area contributed by atoms with Gasteiger partial charge in [0.2, 0.25) is 0 Å². The van der Waals surface area contributed by atoms with E-state index in [2.05, 4.69) is 0 Å². The monoisotopic (exact) mass is 305 g/mol. The van der Waals surface area contributed by atoms with Gasteiger partial charge in [-0.25, -0.2) is 13.2 Å². The summed E-state index contributed by atoms with van der Waals surface area (Å²) in [7, 11) is 2.98. The standard InChI is InChI=1S/C12H16ClNO4S/c1-14-8-10(19(13,16)17)7-11(14)12(15)18-6-5-9-3-2-4-9/h7-9H,2-6H2,1H3. The molecule has 19 heavy (non-hydrogen) atoms. The van der Waals surface area contributed by atoms with Crippen LogP contribution in [0.3, 0.4) is 0 Å². The normalized spacial score (nSPS) is 16.1. The lowest BCUT2D eigenvalue weighted by molar-refractivity contribution is 0.0453. The highest BCUT2D eigenvalue weighted by Gasteiger charge is 2.21. The molecule has 7 heteroatoms. The fourth-order valence-corrected chi connectivity index (χ4v) is 2.83. The molecular formula is C12H16ClNO4S. The van der Waals surface area contributed by atoms with Crippen molar-refractivity contribution in [3.8, 4) is 0 Å². The number of nitrogens with zero attached hydrogens (tertiary/aromatic N) is 1. The van der Waals surface area contributed by atoms with Gasteiger partial charge in [-0.2, -0.15) is 0 Å². The molecule has 106 valence electrons. The summed E-state index contributed by atoms with van der Waals surface area (Å²) in [4.78, 5) is 11.7. The largest absolute Gasteiger partial charge is 0.461 e. The van der Waals surface area contributed by atoms with Crippen LogP contribution in [0.25, 0.3) is 0 Å². The molecule has 0 aliphatic heterocycles. The van der Waals surface area contributed by atoms with Gasteiger partial charge in [-0.3, -0.25) is 0 Å². The van der Waals surface area contributed by atoms with Crippen molar-refractivity contribution in [3.05, 3.63) is 18.0 Å². The first-order valence-electron chi connectivity index (χ1n) is 6.16. The Morgan fingerprint density at radius 3 is 2.68 bits per heavy atom. The molecule has 0 bridgehead atoms. The first-order chi connectivity index (χ1) is 8.88. The van der Waals surface area contributed by atoms with E-state index < -0.39 is 15.0 Å². The van der Waals surface area contributed by atoms with Crippen LogP contribution in [0.4, 0.5) is 0 Å². The molecule has 1 saturated carbocycles. The van der Waals surface area contributed by atoms with Gasteiger partial charge in [-0.1, -0.05) is 19.3 Å². The van der Waals surface area contributed by atoms with Gasteiger partial charge in [0.15, 0.2) is 0 Å². The maximum atomic E-state index is 11.8. The zero-order valence-corrected chi connectivity index (χ0v) is 12.2. The van der Waals surface area contributed by atoms with E-state index in [0.717, 1.165) is 6.42 Å². The fourth-order valence-electron chi connectivity index (χ4n) is 2.04. The van der Waals surface area contributed by atoms with Crippen LogP contribution in [-0.2, 0) is 20.8 Å². The van der Waals surface area contributed by atoms with E-state index in [0.29, 0.717) is 12.5 Å². The summed E-state index contributed by atoms with van der Waals surface area (Å²) in [5, 5.41) is 0. The number of carbonyl (C=O) groups is 1. The Hall–Kier alpha value is -1.01. The van der Waals surface area contributed by atoms with Gasteiger partial charge in [0.05, 0.1) is 6.61 Å². The van der Waals surface area contributed by atoms with E-state index in [9.17, 15) is 13.2 Å². The van der Waals surface area contributed by atoms with Crippen LogP contribution in [0.15, 0.2) is 17.2 Å². The lowest BCUT2D eigenvalue weighted by Crippen LogP contribution is -2.16. The molecule has 1 fully saturated rings. The van der Waals surface area contributed by atoms with Crippen molar-refractivity contribution in [1.29, 1.82) is 0 Å². The van der Waals surface area contributed by atoms with Crippen LogP contribution < -0.4 is 0 Å². The van der Waals surface area contributed by atoms with Gasteiger partial charge in [0, 0.05) is 23.9 Å². The molecule has 0 aromatic carbocycles. The van der Waals surface area contributed by atoms with Crippen molar-refractivity contribution in [2.24, 2.45) is 13.0 Å². The second-order valence-electron chi connectivity index (χ2n) is 4.83. The summed E-state index contributed by atoms with van der Waals surface area (Å²) in [6, 6.07) is 1.23. The molecule has 0 amide bonds. The number of halogens is 1. The van der Waals surface area contributed by atoms with E-state index >= 15 is 0 Å². The first kappa shape index (κ1) is 14.4. The zero-order chi connectivity index (χ0) is 14.0. The minimum atomic E-state index is -3.82. The summed E-state index contributed by atoms with van der Waals surface area (Å²) in [5.41, 5.74) is 0.188. The fraction of sp³-hybridized carbons (Fsp3) is 0.583. The van der Waals surface area contributed by atoms with E-state index in [-0.39, 0.29) is 10.6 Å². The highest BCUT2D eigenvalue weighted by molar-refractivity contribution is 8.13. The van der Waals surface area contributed by atoms with Crippen molar-refractivity contribution >= 4 is 25.7 Å². The van der Waals surface area contributed by atoms with Gasteiger partial charge in [0.25, 0.3) is 9.05 Å². The van der Waals surface area contributed by atoms with Gasteiger partial charge in [-0.05, 0) is 18.4 Å².